The van der Waals surface area contributed by atoms with Crippen LogP contribution in [0.2, 0.25) is 0 Å². The van der Waals surface area contributed by atoms with Crippen molar-refractivity contribution in [3.8, 4) is 0 Å². The first-order chi connectivity index (χ1) is 10.5. The summed E-state index contributed by atoms with van der Waals surface area (Å²) >= 11 is 2.05. The van der Waals surface area contributed by atoms with Crippen LogP contribution in [0.15, 0.2) is 15.6 Å². The Morgan fingerprint density at radius 2 is 2.27 bits per heavy atom. The molecule has 1 saturated heterocycles. The zero-order valence-electron chi connectivity index (χ0n) is 14.1. The van der Waals surface area contributed by atoms with Gasteiger partial charge in [-0.2, -0.15) is 11.8 Å². The van der Waals surface area contributed by atoms with Gasteiger partial charge in [0.15, 0.2) is 5.96 Å². The zero-order chi connectivity index (χ0) is 16.0. The molecule has 1 aliphatic rings. The van der Waals surface area contributed by atoms with E-state index in [9.17, 15) is 0 Å². The van der Waals surface area contributed by atoms with Gasteiger partial charge in [-0.1, -0.05) is 20.8 Å². The van der Waals surface area contributed by atoms with E-state index in [1.165, 1.54) is 18.6 Å². The molecule has 22 heavy (non-hydrogen) atoms. The number of nitrogens with one attached hydrogen (secondary N) is 2. The molecule has 1 unspecified atom stereocenters. The molecule has 0 aliphatic carbocycles. The molecule has 0 amide bonds. The summed E-state index contributed by atoms with van der Waals surface area (Å²) in [6, 6.07) is 0. The van der Waals surface area contributed by atoms with Gasteiger partial charge in [-0.3, -0.25) is 0 Å². The number of rotatable bonds is 5. The van der Waals surface area contributed by atoms with E-state index in [1.807, 2.05) is 11.8 Å². The van der Waals surface area contributed by atoms with Gasteiger partial charge in [-0.05, 0) is 25.5 Å². The molecule has 2 rings (SSSR count). The first-order valence-electron chi connectivity index (χ1n) is 8.08. The van der Waals surface area contributed by atoms with Crippen LogP contribution in [0.1, 0.15) is 52.2 Å². The van der Waals surface area contributed by atoms with E-state index in [0.717, 1.165) is 24.8 Å². The highest BCUT2D eigenvalue weighted by Crippen LogP contribution is 2.25. The van der Waals surface area contributed by atoms with Crippen molar-refractivity contribution >= 4 is 17.7 Å². The highest BCUT2D eigenvalue weighted by atomic mass is 32.2. The van der Waals surface area contributed by atoms with Gasteiger partial charge in [0.1, 0.15) is 12.3 Å². The summed E-state index contributed by atoms with van der Waals surface area (Å²) in [4.78, 5) is 8.89. The SMILES string of the molecule is CCNC(=NCc1ncc(C(C)(C)C)o1)NCC1CCCS1. The van der Waals surface area contributed by atoms with Gasteiger partial charge in [-0.15, -0.1) is 0 Å². The van der Waals surface area contributed by atoms with Crippen LogP contribution in [0.3, 0.4) is 0 Å². The predicted molar refractivity (Wildman–Crippen MR) is 93.5 cm³/mol. The fourth-order valence-corrected chi connectivity index (χ4v) is 3.44. The second kappa shape index (κ2) is 7.90. The highest BCUT2D eigenvalue weighted by Gasteiger charge is 2.19. The van der Waals surface area contributed by atoms with Crippen LogP contribution in [-0.4, -0.2) is 35.0 Å². The van der Waals surface area contributed by atoms with E-state index in [1.54, 1.807) is 6.20 Å². The molecule has 0 bridgehead atoms. The fraction of sp³-hybridized carbons (Fsp3) is 0.750. The molecule has 6 heteroatoms. The van der Waals surface area contributed by atoms with Crippen LogP contribution < -0.4 is 10.6 Å². The van der Waals surface area contributed by atoms with Crippen LogP contribution in [0, 0.1) is 0 Å². The third kappa shape index (κ3) is 5.23. The van der Waals surface area contributed by atoms with Gasteiger partial charge < -0.3 is 15.1 Å². The maximum absolute atomic E-state index is 5.78. The molecule has 0 radical (unpaired) electrons. The largest absolute Gasteiger partial charge is 0.443 e. The number of aliphatic imine (C=N–C) groups is 1. The van der Waals surface area contributed by atoms with Crippen molar-refractivity contribution in [2.75, 3.05) is 18.8 Å². The number of thioether (sulfide) groups is 1. The average Bonchev–Trinajstić information content (AvgIpc) is 3.12. The third-order valence-corrected chi connectivity index (χ3v) is 4.93. The smallest absolute Gasteiger partial charge is 0.216 e. The monoisotopic (exact) mass is 324 g/mol. The van der Waals surface area contributed by atoms with E-state index in [2.05, 4.69) is 48.3 Å². The third-order valence-electron chi connectivity index (χ3n) is 3.53. The second-order valence-corrected chi connectivity index (χ2v) is 7.99. The first kappa shape index (κ1) is 17.2. The molecule has 0 spiro atoms. The lowest BCUT2D eigenvalue weighted by Crippen LogP contribution is -2.40. The van der Waals surface area contributed by atoms with Gasteiger partial charge in [0.25, 0.3) is 0 Å². The first-order valence-corrected chi connectivity index (χ1v) is 9.13. The lowest BCUT2D eigenvalue weighted by atomic mass is 9.94. The standard InChI is InChI=1S/C16H28N4OS/c1-5-17-15(19-9-12-7-6-8-22-12)20-11-14-18-10-13(21-14)16(2,3)4/h10,12H,5-9,11H2,1-4H3,(H2,17,19,20). The number of oxazole rings is 1. The van der Waals surface area contributed by atoms with Crippen molar-refractivity contribution in [2.24, 2.45) is 4.99 Å². The maximum atomic E-state index is 5.78. The predicted octanol–water partition coefficient (Wildman–Crippen LogP) is 2.92. The summed E-state index contributed by atoms with van der Waals surface area (Å²) in [5.74, 6) is 3.69. The van der Waals surface area contributed by atoms with E-state index in [0.29, 0.717) is 17.7 Å². The van der Waals surface area contributed by atoms with Gasteiger partial charge in [0, 0.05) is 23.8 Å². The number of nitrogens with zero attached hydrogens (tertiary/aromatic N) is 2. The summed E-state index contributed by atoms with van der Waals surface area (Å²) in [5.41, 5.74) is -0.0165. The Bertz CT molecular complexity index is 487. The lowest BCUT2D eigenvalue weighted by Gasteiger charge is -2.14. The minimum Gasteiger partial charge on any atom is -0.443 e. The minimum atomic E-state index is -0.0165. The Balaban J connectivity index is 1.89. The fourth-order valence-electron chi connectivity index (χ4n) is 2.23. The van der Waals surface area contributed by atoms with Gasteiger partial charge >= 0.3 is 0 Å². The number of hydrogen-bond acceptors (Lipinski definition) is 4. The van der Waals surface area contributed by atoms with Crippen LogP contribution in [0.4, 0.5) is 0 Å². The molecule has 1 fully saturated rings. The lowest BCUT2D eigenvalue weighted by molar-refractivity contribution is 0.383. The Morgan fingerprint density at radius 1 is 1.45 bits per heavy atom. The average molecular weight is 324 g/mol. The molecular weight excluding hydrogens is 296 g/mol. The molecule has 124 valence electrons. The topological polar surface area (TPSA) is 62.5 Å². The van der Waals surface area contributed by atoms with E-state index in [-0.39, 0.29) is 5.41 Å². The van der Waals surface area contributed by atoms with Crippen molar-refractivity contribution in [1.29, 1.82) is 0 Å². The highest BCUT2D eigenvalue weighted by molar-refractivity contribution is 8.00. The van der Waals surface area contributed by atoms with Crippen LogP contribution >= 0.6 is 11.8 Å². The summed E-state index contributed by atoms with van der Waals surface area (Å²) < 4.78 is 5.78. The van der Waals surface area contributed by atoms with Crippen molar-refractivity contribution in [1.82, 2.24) is 15.6 Å². The van der Waals surface area contributed by atoms with Crippen LogP contribution in [-0.2, 0) is 12.0 Å². The normalized spacial score (nSPS) is 19.5. The van der Waals surface area contributed by atoms with Crippen molar-refractivity contribution in [2.45, 2.75) is 57.7 Å². The maximum Gasteiger partial charge on any atom is 0.216 e. The number of hydrogen-bond donors (Lipinski definition) is 2. The van der Waals surface area contributed by atoms with Gasteiger partial charge in [0.2, 0.25) is 5.89 Å². The molecule has 0 aromatic carbocycles. The zero-order valence-corrected chi connectivity index (χ0v) is 14.9. The summed E-state index contributed by atoms with van der Waals surface area (Å²) in [6.45, 7) is 10.7. The molecule has 1 atom stereocenters. The Hall–Kier alpha value is -1.17. The summed E-state index contributed by atoms with van der Waals surface area (Å²) in [7, 11) is 0. The summed E-state index contributed by atoms with van der Waals surface area (Å²) in [6.07, 6.45) is 4.43. The molecule has 5 nitrogen and oxygen atoms in total. The van der Waals surface area contributed by atoms with Crippen molar-refractivity contribution in [3.05, 3.63) is 17.8 Å². The quantitative estimate of drug-likeness (QED) is 0.644. The Morgan fingerprint density at radius 3 is 2.86 bits per heavy atom. The number of guanidine groups is 1. The van der Waals surface area contributed by atoms with Crippen molar-refractivity contribution in [3.63, 3.8) is 0 Å². The summed E-state index contributed by atoms with van der Waals surface area (Å²) in [5, 5.41) is 7.40. The number of aromatic nitrogens is 1. The minimum absolute atomic E-state index is 0.0165. The molecule has 1 aromatic rings. The molecule has 0 saturated carbocycles. The molecule has 2 heterocycles. The van der Waals surface area contributed by atoms with Gasteiger partial charge in [0.05, 0.1) is 6.20 Å². The van der Waals surface area contributed by atoms with E-state index < -0.39 is 0 Å². The molecule has 1 aromatic heterocycles. The Labute approximate surface area is 137 Å². The van der Waals surface area contributed by atoms with Crippen LogP contribution in [0.25, 0.3) is 0 Å². The molecule has 2 N–H and O–H groups in total. The van der Waals surface area contributed by atoms with E-state index >= 15 is 0 Å². The molecular formula is C16H28N4OS. The van der Waals surface area contributed by atoms with Crippen LogP contribution in [0.5, 0.6) is 0 Å². The van der Waals surface area contributed by atoms with Crippen molar-refractivity contribution < 1.29 is 4.42 Å². The Kier molecular flexibility index (Phi) is 6.17. The molecule has 1 aliphatic heterocycles. The van der Waals surface area contributed by atoms with Gasteiger partial charge in [-0.25, -0.2) is 9.98 Å². The van der Waals surface area contributed by atoms with E-state index in [4.69, 9.17) is 4.42 Å². The second-order valence-electron chi connectivity index (χ2n) is 6.58.